The number of aliphatic carboxylic acids is 1. The van der Waals surface area contributed by atoms with Crippen LogP contribution in [0.2, 0.25) is 0 Å². The summed E-state index contributed by atoms with van der Waals surface area (Å²) in [6, 6.07) is 1.97. The minimum atomic E-state index is -2.88. The van der Waals surface area contributed by atoms with Gasteiger partial charge in [-0.1, -0.05) is 0 Å². The third kappa shape index (κ3) is 4.16. The zero-order valence-corrected chi connectivity index (χ0v) is 12.8. The molecule has 1 atom stereocenters. The maximum Gasteiger partial charge on any atom is 0.328 e. The highest BCUT2D eigenvalue weighted by molar-refractivity contribution is 7.91. The third-order valence-corrected chi connectivity index (χ3v) is 5.99. The van der Waals surface area contributed by atoms with Crippen LogP contribution in [0.1, 0.15) is 17.4 Å². The normalized spacial score (nSPS) is 23.1. The second kappa shape index (κ2) is 6.07. The van der Waals surface area contributed by atoms with Gasteiger partial charge in [-0.3, -0.25) is 4.90 Å². The standard InChI is InChI=1S/C13H17NO4S2/c1-10-9-20(17,18)5-4-14(10)7-12-6-11(8-19-12)2-3-13(15)16/h2-3,6,8,10H,4-5,7,9H2,1H3,(H,15,16)/b3-2+. The first-order valence-corrected chi connectivity index (χ1v) is 8.99. The summed E-state index contributed by atoms with van der Waals surface area (Å²) in [5.74, 6) is -0.536. The Morgan fingerprint density at radius 3 is 3.00 bits per heavy atom. The van der Waals surface area contributed by atoms with E-state index < -0.39 is 15.8 Å². The third-order valence-electron chi connectivity index (χ3n) is 3.26. The first-order chi connectivity index (χ1) is 9.35. The molecule has 0 saturated carbocycles. The molecule has 0 aromatic carbocycles. The maximum absolute atomic E-state index is 11.5. The Hall–Kier alpha value is -1.18. The first kappa shape index (κ1) is 15.2. The van der Waals surface area contributed by atoms with Gasteiger partial charge in [0.1, 0.15) is 0 Å². The van der Waals surface area contributed by atoms with Crippen LogP contribution >= 0.6 is 11.3 Å². The Morgan fingerprint density at radius 2 is 2.35 bits per heavy atom. The lowest BCUT2D eigenvalue weighted by Gasteiger charge is -2.32. The van der Waals surface area contributed by atoms with Gasteiger partial charge >= 0.3 is 5.97 Å². The molecule has 2 rings (SSSR count). The van der Waals surface area contributed by atoms with Crippen LogP contribution in [0.4, 0.5) is 0 Å². The molecule has 1 aliphatic heterocycles. The second-order valence-electron chi connectivity index (χ2n) is 4.95. The van der Waals surface area contributed by atoms with Crippen molar-refractivity contribution in [2.24, 2.45) is 0 Å². The zero-order valence-electron chi connectivity index (χ0n) is 11.2. The molecule has 0 radical (unpaired) electrons. The fourth-order valence-electron chi connectivity index (χ4n) is 2.20. The van der Waals surface area contributed by atoms with E-state index in [4.69, 9.17) is 5.11 Å². The van der Waals surface area contributed by atoms with Crippen molar-refractivity contribution in [3.8, 4) is 0 Å². The van der Waals surface area contributed by atoms with Gasteiger partial charge in [-0.2, -0.15) is 0 Å². The van der Waals surface area contributed by atoms with Crippen LogP contribution in [0.25, 0.3) is 6.08 Å². The molecule has 2 heterocycles. The van der Waals surface area contributed by atoms with Crippen molar-refractivity contribution < 1.29 is 18.3 Å². The number of carboxylic acids is 1. The molecule has 1 fully saturated rings. The van der Waals surface area contributed by atoms with Crippen LogP contribution in [0.5, 0.6) is 0 Å². The van der Waals surface area contributed by atoms with Crippen molar-refractivity contribution in [3.63, 3.8) is 0 Å². The summed E-state index contributed by atoms with van der Waals surface area (Å²) in [6.07, 6.45) is 2.67. The lowest BCUT2D eigenvalue weighted by atomic mass is 10.2. The highest BCUT2D eigenvalue weighted by Crippen LogP contribution is 2.21. The van der Waals surface area contributed by atoms with E-state index in [2.05, 4.69) is 4.90 Å². The number of nitrogens with zero attached hydrogens (tertiary/aromatic N) is 1. The summed E-state index contributed by atoms with van der Waals surface area (Å²) in [5, 5.41) is 10.5. The molecule has 0 bridgehead atoms. The van der Waals surface area contributed by atoms with Crippen LogP contribution in [0.15, 0.2) is 17.5 Å². The predicted octanol–water partition coefficient (Wildman–Crippen LogP) is 1.46. The Bertz CT molecular complexity index is 618. The first-order valence-electron chi connectivity index (χ1n) is 6.28. The second-order valence-corrected chi connectivity index (χ2v) is 8.18. The molecule has 1 aromatic heterocycles. The van der Waals surface area contributed by atoms with Crippen molar-refractivity contribution in [2.45, 2.75) is 19.5 Å². The molecule has 0 aliphatic carbocycles. The van der Waals surface area contributed by atoms with Crippen molar-refractivity contribution in [2.75, 3.05) is 18.1 Å². The lowest BCUT2D eigenvalue weighted by Crippen LogP contribution is -2.46. The molecule has 110 valence electrons. The van der Waals surface area contributed by atoms with E-state index in [1.807, 2.05) is 18.4 Å². The van der Waals surface area contributed by atoms with Gasteiger partial charge < -0.3 is 5.11 Å². The number of rotatable bonds is 4. The molecule has 1 aromatic rings. The van der Waals surface area contributed by atoms with Gasteiger partial charge in [0.25, 0.3) is 0 Å². The average molecular weight is 315 g/mol. The van der Waals surface area contributed by atoms with Crippen molar-refractivity contribution in [1.82, 2.24) is 4.90 Å². The molecule has 0 amide bonds. The highest BCUT2D eigenvalue weighted by Gasteiger charge is 2.28. The summed E-state index contributed by atoms with van der Waals surface area (Å²) < 4.78 is 23.0. The largest absolute Gasteiger partial charge is 0.478 e. The number of carbonyl (C=O) groups is 1. The topological polar surface area (TPSA) is 74.7 Å². The summed E-state index contributed by atoms with van der Waals surface area (Å²) in [7, 11) is -2.88. The maximum atomic E-state index is 11.5. The lowest BCUT2D eigenvalue weighted by molar-refractivity contribution is -0.131. The van der Waals surface area contributed by atoms with E-state index in [9.17, 15) is 13.2 Å². The quantitative estimate of drug-likeness (QED) is 0.852. The van der Waals surface area contributed by atoms with E-state index >= 15 is 0 Å². The molecule has 5 nitrogen and oxygen atoms in total. The number of sulfone groups is 1. The van der Waals surface area contributed by atoms with Crippen LogP contribution in [-0.2, 0) is 21.2 Å². The van der Waals surface area contributed by atoms with E-state index in [-0.39, 0.29) is 17.5 Å². The Labute approximate surface area is 122 Å². The fourth-order valence-corrected chi connectivity index (χ4v) is 4.71. The molecule has 1 N–H and O–H groups in total. The molecule has 7 heteroatoms. The molecular formula is C13H17NO4S2. The van der Waals surface area contributed by atoms with Crippen molar-refractivity contribution in [1.29, 1.82) is 0 Å². The van der Waals surface area contributed by atoms with Crippen molar-refractivity contribution in [3.05, 3.63) is 28.0 Å². The van der Waals surface area contributed by atoms with Gasteiger partial charge in [-0.05, 0) is 30.0 Å². The number of hydrogen-bond acceptors (Lipinski definition) is 5. The van der Waals surface area contributed by atoms with E-state index in [1.165, 1.54) is 0 Å². The van der Waals surface area contributed by atoms with E-state index in [0.29, 0.717) is 13.1 Å². The zero-order chi connectivity index (χ0) is 14.8. The van der Waals surface area contributed by atoms with Gasteiger partial charge in [-0.25, -0.2) is 13.2 Å². The molecule has 0 spiro atoms. The van der Waals surface area contributed by atoms with Gasteiger partial charge in [-0.15, -0.1) is 11.3 Å². The van der Waals surface area contributed by atoms with Crippen LogP contribution < -0.4 is 0 Å². The summed E-state index contributed by atoms with van der Waals surface area (Å²) in [6.45, 7) is 3.19. The summed E-state index contributed by atoms with van der Waals surface area (Å²) in [4.78, 5) is 13.7. The Kier molecular flexibility index (Phi) is 4.62. The summed E-state index contributed by atoms with van der Waals surface area (Å²) in [5.41, 5.74) is 0.865. The monoisotopic (exact) mass is 315 g/mol. The van der Waals surface area contributed by atoms with Gasteiger partial charge in [0.15, 0.2) is 9.84 Å². The minimum absolute atomic E-state index is 0.0221. The molecule has 1 saturated heterocycles. The molecule has 1 aliphatic rings. The fraction of sp³-hybridized carbons (Fsp3) is 0.462. The molecule has 20 heavy (non-hydrogen) atoms. The van der Waals surface area contributed by atoms with E-state index in [0.717, 1.165) is 16.5 Å². The van der Waals surface area contributed by atoms with Crippen LogP contribution in [0.3, 0.4) is 0 Å². The predicted molar refractivity (Wildman–Crippen MR) is 79.5 cm³/mol. The van der Waals surface area contributed by atoms with Crippen LogP contribution in [-0.4, -0.2) is 48.5 Å². The van der Waals surface area contributed by atoms with Gasteiger partial charge in [0.2, 0.25) is 0 Å². The number of thiophene rings is 1. The molecular weight excluding hydrogens is 298 g/mol. The van der Waals surface area contributed by atoms with Crippen LogP contribution in [0, 0.1) is 0 Å². The molecule has 1 unspecified atom stereocenters. The Morgan fingerprint density at radius 1 is 1.60 bits per heavy atom. The van der Waals surface area contributed by atoms with E-state index in [1.54, 1.807) is 17.4 Å². The van der Waals surface area contributed by atoms with Crippen molar-refractivity contribution >= 4 is 33.2 Å². The number of carboxylic acid groups (broad SMARTS) is 1. The minimum Gasteiger partial charge on any atom is -0.478 e. The average Bonchev–Trinajstić information content (AvgIpc) is 2.77. The van der Waals surface area contributed by atoms with Gasteiger partial charge in [0.05, 0.1) is 11.5 Å². The Balaban J connectivity index is 1.99. The van der Waals surface area contributed by atoms with Gasteiger partial charge in [0, 0.05) is 30.1 Å². The summed E-state index contributed by atoms with van der Waals surface area (Å²) >= 11 is 1.56. The SMILES string of the molecule is CC1CS(=O)(=O)CCN1Cc1cc(/C=C/C(=O)O)cs1. The smallest absolute Gasteiger partial charge is 0.328 e. The number of hydrogen-bond donors (Lipinski definition) is 1. The highest BCUT2D eigenvalue weighted by atomic mass is 32.2.